The summed E-state index contributed by atoms with van der Waals surface area (Å²) in [5.41, 5.74) is 0.175. The van der Waals surface area contributed by atoms with Crippen molar-refractivity contribution in [2.45, 2.75) is 12.6 Å². The minimum Gasteiger partial charge on any atom is -0.378 e. The van der Waals surface area contributed by atoms with E-state index < -0.39 is 11.7 Å². The SMILES string of the molecule is O=C(Cc1ccc(C(F)(F)F)cc1)Nc1cnc(N2CCOCC2)nc1. The van der Waals surface area contributed by atoms with Gasteiger partial charge in [-0.05, 0) is 17.7 Å². The van der Waals surface area contributed by atoms with Crippen molar-refractivity contribution < 1.29 is 22.7 Å². The van der Waals surface area contributed by atoms with Gasteiger partial charge in [0.05, 0.1) is 43.3 Å². The van der Waals surface area contributed by atoms with Gasteiger partial charge in [0, 0.05) is 13.1 Å². The van der Waals surface area contributed by atoms with Crippen LogP contribution in [-0.4, -0.2) is 42.2 Å². The molecule has 1 amide bonds. The van der Waals surface area contributed by atoms with Crippen molar-refractivity contribution >= 4 is 17.5 Å². The van der Waals surface area contributed by atoms with Crippen LogP contribution in [0.4, 0.5) is 24.8 Å². The summed E-state index contributed by atoms with van der Waals surface area (Å²) < 4.78 is 42.9. The average Bonchev–Trinajstić information content (AvgIpc) is 2.63. The summed E-state index contributed by atoms with van der Waals surface area (Å²) in [5.74, 6) is 0.210. The van der Waals surface area contributed by atoms with Crippen LogP contribution in [-0.2, 0) is 22.1 Å². The Labute approximate surface area is 148 Å². The van der Waals surface area contributed by atoms with Crippen molar-refractivity contribution in [3.63, 3.8) is 0 Å². The maximum absolute atomic E-state index is 12.5. The fraction of sp³-hybridized carbons (Fsp3) is 0.353. The molecule has 1 aliphatic rings. The van der Waals surface area contributed by atoms with Crippen molar-refractivity contribution in [1.29, 1.82) is 0 Å². The fourth-order valence-electron chi connectivity index (χ4n) is 2.51. The highest BCUT2D eigenvalue weighted by Crippen LogP contribution is 2.29. The summed E-state index contributed by atoms with van der Waals surface area (Å²) in [7, 11) is 0. The Bertz CT molecular complexity index is 742. The largest absolute Gasteiger partial charge is 0.416 e. The van der Waals surface area contributed by atoms with Gasteiger partial charge in [0.15, 0.2) is 0 Å². The molecule has 0 radical (unpaired) electrons. The molecule has 2 aromatic rings. The quantitative estimate of drug-likeness (QED) is 0.901. The monoisotopic (exact) mass is 366 g/mol. The minimum absolute atomic E-state index is 0.0383. The Hall–Kier alpha value is -2.68. The van der Waals surface area contributed by atoms with Gasteiger partial charge in [-0.25, -0.2) is 9.97 Å². The Kier molecular flexibility index (Phi) is 5.36. The maximum atomic E-state index is 12.5. The van der Waals surface area contributed by atoms with Crippen LogP contribution in [0.25, 0.3) is 0 Å². The molecule has 1 aliphatic heterocycles. The molecule has 1 saturated heterocycles. The highest BCUT2D eigenvalue weighted by atomic mass is 19.4. The summed E-state index contributed by atoms with van der Waals surface area (Å²) in [6.07, 6.45) is -1.42. The molecule has 1 aromatic carbocycles. The number of carbonyl (C=O) groups is 1. The second-order valence-corrected chi connectivity index (χ2v) is 5.79. The molecule has 1 aromatic heterocycles. The number of amides is 1. The van der Waals surface area contributed by atoms with E-state index >= 15 is 0 Å². The Morgan fingerprint density at radius 3 is 2.31 bits per heavy atom. The molecule has 0 aliphatic carbocycles. The molecular weight excluding hydrogens is 349 g/mol. The van der Waals surface area contributed by atoms with E-state index in [0.717, 1.165) is 12.1 Å². The number of alkyl halides is 3. The Balaban J connectivity index is 1.56. The lowest BCUT2D eigenvalue weighted by molar-refractivity contribution is -0.137. The van der Waals surface area contributed by atoms with Crippen molar-refractivity contribution in [3.05, 3.63) is 47.8 Å². The fourth-order valence-corrected chi connectivity index (χ4v) is 2.51. The number of hydrogen-bond acceptors (Lipinski definition) is 5. The predicted molar refractivity (Wildman–Crippen MR) is 88.8 cm³/mol. The number of ether oxygens (including phenoxy) is 1. The molecule has 1 N–H and O–H groups in total. The molecule has 1 fully saturated rings. The number of aromatic nitrogens is 2. The maximum Gasteiger partial charge on any atom is 0.416 e. The number of halogens is 3. The normalized spacial score (nSPS) is 15.0. The van der Waals surface area contributed by atoms with E-state index in [-0.39, 0.29) is 12.3 Å². The minimum atomic E-state index is -4.39. The van der Waals surface area contributed by atoms with E-state index in [4.69, 9.17) is 4.74 Å². The summed E-state index contributed by atoms with van der Waals surface area (Å²) >= 11 is 0. The van der Waals surface area contributed by atoms with Crippen LogP contribution in [0, 0.1) is 0 Å². The van der Waals surface area contributed by atoms with Gasteiger partial charge in [0.25, 0.3) is 0 Å². The van der Waals surface area contributed by atoms with Crippen LogP contribution >= 0.6 is 0 Å². The summed E-state index contributed by atoms with van der Waals surface area (Å²) in [6.45, 7) is 2.66. The van der Waals surface area contributed by atoms with Crippen LogP contribution in [0.15, 0.2) is 36.7 Å². The summed E-state index contributed by atoms with van der Waals surface area (Å²) in [4.78, 5) is 22.5. The highest BCUT2D eigenvalue weighted by Gasteiger charge is 2.29. The molecule has 0 spiro atoms. The molecule has 0 unspecified atom stereocenters. The summed E-state index contributed by atoms with van der Waals surface area (Å²) in [6, 6.07) is 4.51. The second kappa shape index (κ2) is 7.69. The molecule has 3 rings (SSSR count). The topological polar surface area (TPSA) is 67.4 Å². The lowest BCUT2D eigenvalue weighted by Gasteiger charge is -2.26. The van der Waals surface area contributed by atoms with Crippen molar-refractivity contribution in [3.8, 4) is 0 Å². The molecule has 6 nitrogen and oxygen atoms in total. The zero-order valence-electron chi connectivity index (χ0n) is 13.8. The Morgan fingerprint density at radius 2 is 1.73 bits per heavy atom. The van der Waals surface area contributed by atoms with Crippen molar-refractivity contribution in [2.75, 3.05) is 36.5 Å². The average molecular weight is 366 g/mol. The number of nitrogens with one attached hydrogen (secondary N) is 1. The third-order valence-electron chi connectivity index (χ3n) is 3.86. The van der Waals surface area contributed by atoms with E-state index in [1.165, 1.54) is 24.5 Å². The molecule has 9 heteroatoms. The van der Waals surface area contributed by atoms with Crippen molar-refractivity contribution in [2.24, 2.45) is 0 Å². The number of carbonyl (C=O) groups excluding carboxylic acids is 1. The van der Waals surface area contributed by atoms with Crippen molar-refractivity contribution in [1.82, 2.24) is 9.97 Å². The van der Waals surface area contributed by atoms with Gasteiger partial charge in [0.1, 0.15) is 0 Å². The summed E-state index contributed by atoms with van der Waals surface area (Å²) in [5, 5.41) is 2.64. The van der Waals surface area contributed by atoms with Gasteiger partial charge in [-0.3, -0.25) is 4.79 Å². The van der Waals surface area contributed by atoms with E-state index in [1.807, 2.05) is 4.90 Å². The Morgan fingerprint density at radius 1 is 1.12 bits per heavy atom. The number of nitrogens with zero attached hydrogens (tertiary/aromatic N) is 3. The number of morpholine rings is 1. The van der Waals surface area contributed by atoms with Crippen LogP contribution in [0.5, 0.6) is 0 Å². The van der Waals surface area contributed by atoms with Gasteiger partial charge in [-0.2, -0.15) is 13.2 Å². The zero-order chi connectivity index (χ0) is 18.6. The third-order valence-corrected chi connectivity index (χ3v) is 3.86. The molecule has 0 saturated carbocycles. The zero-order valence-corrected chi connectivity index (χ0v) is 13.8. The molecule has 2 heterocycles. The number of benzene rings is 1. The van der Waals surface area contributed by atoms with Gasteiger partial charge < -0.3 is 15.0 Å². The van der Waals surface area contributed by atoms with E-state index in [9.17, 15) is 18.0 Å². The number of rotatable bonds is 4. The predicted octanol–water partition coefficient (Wildman–Crippen LogP) is 2.51. The number of hydrogen-bond donors (Lipinski definition) is 1. The van der Waals surface area contributed by atoms with Gasteiger partial charge in [-0.1, -0.05) is 12.1 Å². The smallest absolute Gasteiger partial charge is 0.378 e. The van der Waals surface area contributed by atoms with Crippen LogP contribution < -0.4 is 10.2 Å². The van der Waals surface area contributed by atoms with Gasteiger partial charge in [0.2, 0.25) is 11.9 Å². The van der Waals surface area contributed by atoms with Crippen LogP contribution in [0.1, 0.15) is 11.1 Å². The third kappa shape index (κ3) is 4.69. The molecule has 0 atom stereocenters. The first-order valence-corrected chi connectivity index (χ1v) is 8.02. The van der Waals surface area contributed by atoms with E-state index in [2.05, 4.69) is 15.3 Å². The lowest BCUT2D eigenvalue weighted by Crippen LogP contribution is -2.37. The molecule has 0 bridgehead atoms. The van der Waals surface area contributed by atoms with Gasteiger partial charge >= 0.3 is 6.18 Å². The van der Waals surface area contributed by atoms with Gasteiger partial charge in [-0.15, -0.1) is 0 Å². The lowest BCUT2D eigenvalue weighted by atomic mass is 10.1. The number of anilines is 2. The second-order valence-electron chi connectivity index (χ2n) is 5.79. The van der Waals surface area contributed by atoms with Crippen LogP contribution in [0.3, 0.4) is 0 Å². The molecule has 26 heavy (non-hydrogen) atoms. The first-order valence-electron chi connectivity index (χ1n) is 8.02. The highest BCUT2D eigenvalue weighted by molar-refractivity contribution is 5.92. The molecular formula is C17H17F3N4O2. The van der Waals surface area contributed by atoms with E-state index in [0.29, 0.717) is 43.5 Å². The van der Waals surface area contributed by atoms with Crippen LogP contribution in [0.2, 0.25) is 0 Å². The van der Waals surface area contributed by atoms with E-state index in [1.54, 1.807) is 0 Å². The first-order chi connectivity index (χ1) is 12.4. The first kappa shape index (κ1) is 18.1. The molecule has 138 valence electrons. The standard InChI is InChI=1S/C17H17F3N4O2/c18-17(19,20)13-3-1-12(2-4-13)9-15(25)23-14-10-21-16(22-11-14)24-5-7-26-8-6-24/h1-4,10-11H,5-9H2,(H,23,25).